The van der Waals surface area contributed by atoms with Crippen molar-refractivity contribution < 1.29 is 9.53 Å². The summed E-state index contributed by atoms with van der Waals surface area (Å²) >= 11 is 10.8. The van der Waals surface area contributed by atoms with Crippen LogP contribution in [0.4, 0.5) is 5.69 Å². The van der Waals surface area contributed by atoms with Crippen molar-refractivity contribution in [1.82, 2.24) is 4.90 Å². The van der Waals surface area contributed by atoms with Crippen molar-refractivity contribution >= 4 is 62.1 Å². The van der Waals surface area contributed by atoms with Crippen molar-refractivity contribution in [2.45, 2.75) is 13.8 Å². The molecule has 0 unspecified atom stereocenters. The van der Waals surface area contributed by atoms with Gasteiger partial charge < -0.3 is 4.74 Å². The van der Waals surface area contributed by atoms with E-state index >= 15 is 0 Å². The molecule has 1 aliphatic rings. The zero-order chi connectivity index (χ0) is 20.3. The molecule has 0 N–H and O–H groups in total. The Balaban J connectivity index is 1.99. The average Bonchev–Trinajstić information content (AvgIpc) is 2.92. The Kier molecular flexibility index (Phi) is 6.86. The van der Waals surface area contributed by atoms with Gasteiger partial charge in [-0.05, 0) is 66.2 Å². The molecule has 1 heterocycles. The van der Waals surface area contributed by atoms with Crippen LogP contribution in [-0.2, 0) is 4.79 Å². The van der Waals surface area contributed by atoms with Crippen molar-refractivity contribution in [3.05, 3.63) is 62.4 Å². The molecule has 0 aliphatic carbocycles. The summed E-state index contributed by atoms with van der Waals surface area (Å²) in [4.78, 5) is 20.1. The van der Waals surface area contributed by atoms with Crippen molar-refractivity contribution in [3.8, 4) is 5.75 Å². The fourth-order valence-corrected chi connectivity index (χ4v) is 4.21. The highest BCUT2D eigenvalue weighted by Crippen LogP contribution is 2.36. The maximum absolute atomic E-state index is 13.1. The van der Waals surface area contributed by atoms with Crippen LogP contribution in [0.3, 0.4) is 0 Å². The lowest BCUT2D eigenvalue weighted by Crippen LogP contribution is -2.32. The van der Waals surface area contributed by atoms with Gasteiger partial charge in [0.25, 0.3) is 5.91 Å². The monoisotopic (exact) mass is 478 g/mol. The second kappa shape index (κ2) is 9.16. The van der Waals surface area contributed by atoms with Crippen LogP contribution in [0.1, 0.15) is 19.4 Å². The number of nitrogens with zero attached hydrogens (tertiary/aromatic N) is 2. The summed E-state index contributed by atoms with van der Waals surface area (Å²) in [6.07, 6.45) is 1.86. The van der Waals surface area contributed by atoms with Crippen molar-refractivity contribution in [3.63, 3.8) is 0 Å². The van der Waals surface area contributed by atoms with Gasteiger partial charge in [0, 0.05) is 21.6 Å². The van der Waals surface area contributed by atoms with Crippen molar-refractivity contribution in [2.24, 2.45) is 10.9 Å². The molecule has 28 heavy (non-hydrogen) atoms. The van der Waals surface area contributed by atoms with Crippen LogP contribution in [0.15, 0.2) is 56.8 Å². The number of methoxy groups -OCH3 is 1. The summed E-state index contributed by atoms with van der Waals surface area (Å²) in [6, 6.07) is 13.0. The highest BCUT2D eigenvalue weighted by molar-refractivity contribution is 9.10. The second-order valence-corrected chi connectivity index (χ2v) is 9.04. The predicted molar refractivity (Wildman–Crippen MR) is 121 cm³/mol. The van der Waals surface area contributed by atoms with Gasteiger partial charge in [-0.2, -0.15) is 0 Å². The number of hydrogen-bond acceptors (Lipinski definition) is 4. The maximum Gasteiger partial charge on any atom is 0.266 e. The number of benzene rings is 2. The van der Waals surface area contributed by atoms with Crippen LogP contribution in [0.2, 0.25) is 5.02 Å². The molecule has 2 aromatic carbocycles. The number of hydrogen-bond donors (Lipinski definition) is 0. The first-order valence-corrected chi connectivity index (χ1v) is 10.8. The van der Waals surface area contributed by atoms with Gasteiger partial charge in [0.15, 0.2) is 5.17 Å². The minimum atomic E-state index is -0.0477. The Morgan fingerprint density at radius 3 is 2.61 bits per heavy atom. The molecule has 146 valence electrons. The van der Waals surface area contributed by atoms with E-state index in [-0.39, 0.29) is 5.91 Å². The second-order valence-electron chi connectivity index (χ2n) is 6.68. The van der Waals surface area contributed by atoms with Crippen LogP contribution < -0.4 is 4.74 Å². The summed E-state index contributed by atoms with van der Waals surface area (Å²) in [7, 11) is 1.62. The van der Waals surface area contributed by atoms with Gasteiger partial charge in [-0.3, -0.25) is 9.69 Å². The van der Waals surface area contributed by atoms with Crippen molar-refractivity contribution in [1.29, 1.82) is 0 Å². The number of amides is 1. The van der Waals surface area contributed by atoms with Gasteiger partial charge in [-0.1, -0.05) is 41.4 Å². The molecule has 1 fully saturated rings. The standard InChI is InChI=1S/C21H20BrClN2O2S/c1-13(2)12-25-20(26)19(11-14-10-15(22)4-9-18(14)27-3)28-21(25)24-17-7-5-16(23)6-8-17/h4-11,13H,12H2,1-3H3/b19-11-,24-21?. The number of halogens is 2. The first-order chi connectivity index (χ1) is 13.4. The zero-order valence-electron chi connectivity index (χ0n) is 15.8. The van der Waals surface area contributed by atoms with Gasteiger partial charge >= 0.3 is 0 Å². The van der Waals surface area contributed by atoms with Gasteiger partial charge in [-0.15, -0.1) is 0 Å². The highest BCUT2D eigenvalue weighted by Gasteiger charge is 2.34. The van der Waals surface area contributed by atoms with E-state index in [1.807, 2.05) is 36.4 Å². The molecule has 0 saturated carbocycles. The Morgan fingerprint density at radius 2 is 1.96 bits per heavy atom. The van der Waals surface area contributed by atoms with Crippen LogP contribution in [0, 0.1) is 5.92 Å². The zero-order valence-corrected chi connectivity index (χ0v) is 18.9. The average molecular weight is 480 g/mol. The lowest BCUT2D eigenvalue weighted by atomic mass is 10.1. The summed E-state index contributed by atoms with van der Waals surface area (Å²) in [6.45, 7) is 4.76. The van der Waals surface area contributed by atoms with E-state index < -0.39 is 0 Å². The van der Waals surface area contributed by atoms with Gasteiger partial charge in [0.1, 0.15) is 5.75 Å². The smallest absolute Gasteiger partial charge is 0.266 e. The predicted octanol–water partition coefficient (Wildman–Crippen LogP) is 6.37. The van der Waals surface area contributed by atoms with E-state index in [1.54, 1.807) is 24.1 Å². The van der Waals surface area contributed by atoms with Crippen LogP contribution in [0.5, 0.6) is 5.75 Å². The molecule has 0 aromatic heterocycles. The van der Waals surface area contributed by atoms with Crippen LogP contribution in [0.25, 0.3) is 6.08 Å². The quantitative estimate of drug-likeness (QED) is 0.468. The Bertz CT molecular complexity index is 942. The third-order valence-corrected chi connectivity index (χ3v) is 5.72. The summed E-state index contributed by atoms with van der Waals surface area (Å²) in [5, 5.41) is 1.32. The van der Waals surface area contributed by atoms with E-state index in [0.29, 0.717) is 33.3 Å². The lowest BCUT2D eigenvalue weighted by molar-refractivity contribution is -0.122. The summed E-state index contributed by atoms with van der Waals surface area (Å²) in [5.74, 6) is 0.982. The molecular formula is C21H20BrClN2O2S. The number of amidine groups is 1. The molecule has 1 aliphatic heterocycles. The van der Waals surface area contributed by atoms with E-state index in [9.17, 15) is 4.79 Å². The lowest BCUT2D eigenvalue weighted by Gasteiger charge is -2.17. The third kappa shape index (κ3) is 4.99. The normalized spacial score (nSPS) is 17.2. The molecule has 1 amide bonds. The molecule has 1 saturated heterocycles. The van der Waals surface area contributed by atoms with Crippen LogP contribution in [-0.4, -0.2) is 29.6 Å². The Labute approximate surface area is 182 Å². The molecule has 4 nitrogen and oxygen atoms in total. The summed E-state index contributed by atoms with van der Waals surface area (Å²) < 4.78 is 6.35. The van der Waals surface area contributed by atoms with Gasteiger partial charge in [0.05, 0.1) is 17.7 Å². The largest absolute Gasteiger partial charge is 0.496 e. The number of thioether (sulfide) groups is 1. The topological polar surface area (TPSA) is 41.9 Å². The Hall–Kier alpha value is -1.76. The van der Waals surface area contributed by atoms with Crippen LogP contribution >= 0.6 is 39.3 Å². The molecule has 0 atom stereocenters. The third-order valence-electron chi connectivity index (χ3n) is 3.97. The van der Waals surface area contributed by atoms with Crippen molar-refractivity contribution in [2.75, 3.05) is 13.7 Å². The minimum Gasteiger partial charge on any atom is -0.496 e. The molecule has 7 heteroatoms. The number of carbonyl (C=O) groups excluding carboxylic acids is 1. The van der Waals surface area contributed by atoms with Gasteiger partial charge in [0.2, 0.25) is 0 Å². The first kappa shape index (κ1) is 21.0. The number of carbonyl (C=O) groups is 1. The number of rotatable bonds is 5. The van der Waals surface area contributed by atoms with E-state index in [4.69, 9.17) is 16.3 Å². The Morgan fingerprint density at radius 1 is 1.25 bits per heavy atom. The SMILES string of the molecule is COc1ccc(Br)cc1/C=C1\SC(=Nc2ccc(Cl)cc2)N(CC(C)C)C1=O. The molecule has 0 radical (unpaired) electrons. The molecule has 0 bridgehead atoms. The molecular weight excluding hydrogens is 460 g/mol. The molecule has 2 aromatic rings. The molecule has 3 rings (SSSR count). The van der Waals surface area contributed by atoms with E-state index in [2.05, 4.69) is 34.8 Å². The fraction of sp³-hybridized carbons (Fsp3) is 0.238. The molecule has 0 spiro atoms. The summed E-state index contributed by atoms with van der Waals surface area (Å²) in [5.41, 5.74) is 1.60. The van der Waals surface area contributed by atoms with E-state index in [0.717, 1.165) is 15.7 Å². The minimum absolute atomic E-state index is 0.0477. The van der Waals surface area contributed by atoms with Gasteiger partial charge in [-0.25, -0.2) is 4.99 Å². The number of aliphatic imine (C=N–C) groups is 1. The number of ether oxygens (including phenoxy) is 1. The maximum atomic E-state index is 13.1. The van der Waals surface area contributed by atoms with E-state index in [1.165, 1.54) is 11.8 Å². The highest BCUT2D eigenvalue weighted by atomic mass is 79.9. The first-order valence-electron chi connectivity index (χ1n) is 8.76. The fourth-order valence-electron chi connectivity index (χ4n) is 2.70.